The molecule has 0 aliphatic heterocycles. The van der Waals surface area contributed by atoms with Crippen LogP contribution in [0.4, 0.5) is 29.5 Å². The number of hydrogen-bond acceptors (Lipinski definition) is 7. The van der Waals surface area contributed by atoms with E-state index in [2.05, 4.69) is 15.4 Å². The Morgan fingerprint density at radius 2 is 1.97 bits per heavy atom. The quantitative estimate of drug-likeness (QED) is 0.247. The Morgan fingerprint density at radius 3 is 2.52 bits per heavy atom. The second-order valence-electron chi connectivity index (χ2n) is 6.14. The van der Waals surface area contributed by atoms with Crippen LogP contribution in [0.25, 0.3) is 0 Å². The number of nitrogens with one attached hydrogen (secondary N) is 2. The van der Waals surface area contributed by atoms with Gasteiger partial charge in [0, 0.05) is 17.0 Å². The minimum atomic E-state index is -4.60. The number of nitrogens with zero attached hydrogens (tertiary/aromatic N) is 1. The number of thiophene rings is 1. The molecule has 0 saturated carbocycles. The predicted molar refractivity (Wildman–Crippen MR) is 114 cm³/mol. The lowest BCUT2D eigenvalue weighted by Crippen LogP contribution is -2.21. The van der Waals surface area contributed by atoms with Crippen LogP contribution in [-0.4, -0.2) is 35.9 Å². The van der Waals surface area contributed by atoms with Gasteiger partial charge in [0.15, 0.2) is 11.7 Å². The topological polar surface area (TPSA) is 103 Å². The van der Waals surface area contributed by atoms with Gasteiger partial charge in [-0.05, 0) is 31.1 Å². The van der Waals surface area contributed by atoms with Gasteiger partial charge < -0.3 is 20.1 Å². The number of hydrogen-bond donors (Lipinski definition) is 2. The van der Waals surface area contributed by atoms with Gasteiger partial charge in [-0.1, -0.05) is 6.92 Å². The minimum absolute atomic E-state index is 0.0312. The van der Waals surface area contributed by atoms with Gasteiger partial charge in [-0.2, -0.15) is 13.2 Å². The highest BCUT2D eigenvalue weighted by Crippen LogP contribution is 2.34. The van der Waals surface area contributed by atoms with Crippen molar-refractivity contribution < 1.29 is 32.4 Å². The van der Waals surface area contributed by atoms with Crippen LogP contribution in [0.3, 0.4) is 0 Å². The number of nitro groups is 1. The largest absolute Gasteiger partial charge is 0.484 e. The first-order valence-electron chi connectivity index (χ1n) is 8.72. The molecular formula is C18H18F3N3O5S2. The molecule has 0 bridgehead atoms. The molecule has 2 N–H and O–H groups in total. The van der Waals surface area contributed by atoms with Crippen LogP contribution in [0.5, 0.6) is 5.75 Å². The van der Waals surface area contributed by atoms with Gasteiger partial charge in [0.05, 0.1) is 29.4 Å². The van der Waals surface area contributed by atoms with Crippen LogP contribution in [0.15, 0.2) is 18.2 Å². The zero-order valence-electron chi connectivity index (χ0n) is 16.6. The molecule has 168 valence electrons. The molecule has 0 amide bonds. The lowest BCUT2D eigenvalue weighted by molar-refractivity contribution is -0.384. The molecule has 0 aliphatic rings. The van der Waals surface area contributed by atoms with E-state index in [1.807, 2.05) is 13.8 Å². The average molecular weight is 477 g/mol. The predicted octanol–water partition coefficient (Wildman–Crippen LogP) is 5.06. The van der Waals surface area contributed by atoms with Crippen molar-refractivity contribution in [1.29, 1.82) is 0 Å². The maximum atomic E-state index is 12.4. The lowest BCUT2D eigenvalue weighted by Gasteiger charge is -2.13. The SMILES string of the molecule is CCc1c(C)sc(NC(=S)Nc2cc(OCC(F)(F)F)cc([N+](=O)[O-])c2)c1C(=O)OC. The number of alkyl halides is 3. The second kappa shape index (κ2) is 9.92. The normalized spacial score (nSPS) is 11.0. The molecule has 1 aromatic heterocycles. The summed E-state index contributed by atoms with van der Waals surface area (Å²) >= 11 is 6.48. The summed E-state index contributed by atoms with van der Waals surface area (Å²) in [5.74, 6) is -0.906. The summed E-state index contributed by atoms with van der Waals surface area (Å²) in [6.45, 7) is 2.11. The van der Waals surface area contributed by atoms with Crippen molar-refractivity contribution in [2.75, 3.05) is 24.4 Å². The molecule has 0 aliphatic carbocycles. The fourth-order valence-electron chi connectivity index (χ4n) is 2.69. The van der Waals surface area contributed by atoms with Crippen molar-refractivity contribution in [3.63, 3.8) is 0 Å². The summed E-state index contributed by atoms with van der Waals surface area (Å²) in [6, 6.07) is 3.11. The number of nitro benzene ring substituents is 1. The zero-order valence-corrected chi connectivity index (χ0v) is 18.2. The maximum absolute atomic E-state index is 12.4. The fraction of sp³-hybridized carbons (Fsp3) is 0.333. The van der Waals surface area contributed by atoms with E-state index < -0.39 is 29.4 Å². The molecule has 2 rings (SSSR count). The van der Waals surface area contributed by atoms with Crippen LogP contribution in [-0.2, 0) is 11.2 Å². The van der Waals surface area contributed by atoms with Crippen LogP contribution in [0.1, 0.15) is 27.7 Å². The Bertz CT molecular complexity index is 1010. The number of non-ortho nitro benzene ring substituents is 1. The molecule has 8 nitrogen and oxygen atoms in total. The number of carbonyl (C=O) groups excluding carboxylic acids is 1. The van der Waals surface area contributed by atoms with Gasteiger partial charge >= 0.3 is 12.1 Å². The summed E-state index contributed by atoms with van der Waals surface area (Å²) in [4.78, 5) is 23.4. The Hall–Kier alpha value is -2.93. The number of aryl methyl sites for hydroxylation is 1. The van der Waals surface area contributed by atoms with Gasteiger partial charge in [-0.3, -0.25) is 10.1 Å². The van der Waals surface area contributed by atoms with Gasteiger partial charge in [-0.15, -0.1) is 11.3 Å². The van der Waals surface area contributed by atoms with Crippen LogP contribution in [0, 0.1) is 17.0 Å². The Kier molecular flexibility index (Phi) is 7.79. The molecule has 0 radical (unpaired) electrons. The van der Waals surface area contributed by atoms with Crippen LogP contribution in [0.2, 0.25) is 0 Å². The van der Waals surface area contributed by atoms with Crippen molar-refractivity contribution in [2.45, 2.75) is 26.4 Å². The maximum Gasteiger partial charge on any atom is 0.422 e. The van der Waals surface area contributed by atoms with Crippen LogP contribution >= 0.6 is 23.6 Å². The van der Waals surface area contributed by atoms with E-state index in [0.29, 0.717) is 17.0 Å². The molecule has 0 saturated heterocycles. The first kappa shape index (κ1) is 24.3. The Morgan fingerprint density at radius 1 is 1.29 bits per heavy atom. The summed E-state index contributed by atoms with van der Waals surface area (Å²) in [6.07, 6.45) is -4.02. The number of halogens is 3. The van der Waals surface area contributed by atoms with Crippen molar-refractivity contribution in [2.24, 2.45) is 0 Å². The molecule has 0 unspecified atom stereocenters. The van der Waals surface area contributed by atoms with Crippen LogP contribution < -0.4 is 15.4 Å². The highest BCUT2D eigenvalue weighted by atomic mass is 32.1. The number of carbonyl (C=O) groups is 1. The smallest absolute Gasteiger partial charge is 0.422 e. The molecule has 2 aromatic rings. The first-order chi connectivity index (χ1) is 14.4. The van der Waals surface area contributed by atoms with Gasteiger partial charge in [0.1, 0.15) is 10.8 Å². The van der Waals surface area contributed by atoms with E-state index in [4.69, 9.17) is 17.0 Å². The third-order valence-corrected chi connectivity index (χ3v) is 5.21. The van der Waals surface area contributed by atoms with E-state index in [1.54, 1.807) is 0 Å². The highest BCUT2D eigenvalue weighted by Gasteiger charge is 2.29. The third-order valence-electron chi connectivity index (χ3n) is 3.94. The fourth-order valence-corrected chi connectivity index (χ4v) is 4.11. The summed E-state index contributed by atoms with van der Waals surface area (Å²) < 4.78 is 46.7. The Labute approximate surface area is 184 Å². The van der Waals surface area contributed by atoms with Gasteiger partial charge in [0.25, 0.3) is 5.69 Å². The molecule has 1 heterocycles. The molecule has 13 heteroatoms. The number of thiocarbonyl (C=S) groups is 1. The molecule has 1 aromatic carbocycles. The van der Waals surface area contributed by atoms with Gasteiger partial charge in [0.2, 0.25) is 0 Å². The summed E-state index contributed by atoms with van der Waals surface area (Å²) in [7, 11) is 1.25. The van der Waals surface area contributed by atoms with Gasteiger partial charge in [-0.25, -0.2) is 4.79 Å². The molecular weight excluding hydrogens is 459 g/mol. The molecule has 31 heavy (non-hydrogen) atoms. The number of esters is 1. The van der Waals surface area contributed by atoms with Crippen molar-refractivity contribution in [1.82, 2.24) is 0 Å². The number of ether oxygens (including phenoxy) is 2. The molecule has 0 atom stereocenters. The Balaban J connectivity index is 2.27. The average Bonchev–Trinajstić information content (AvgIpc) is 2.99. The van der Waals surface area contributed by atoms with Crippen molar-refractivity contribution >= 4 is 51.0 Å². The first-order valence-corrected chi connectivity index (χ1v) is 9.95. The van der Waals surface area contributed by atoms with Crippen molar-refractivity contribution in [3.05, 3.63) is 44.3 Å². The summed E-state index contributed by atoms with van der Waals surface area (Å²) in [5.41, 5.74) is 0.665. The lowest BCUT2D eigenvalue weighted by atomic mass is 10.1. The molecule has 0 fully saturated rings. The third kappa shape index (κ3) is 6.52. The van der Waals surface area contributed by atoms with E-state index in [-0.39, 0.29) is 16.5 Å². The zero-order chi connectivity index (χ0) is 23.3. The monoisotopic (exact) mass is 477 g/mol. The number of benzene rings is 1. The standard InChI is InChI=1S/C18H18F3N3O5S2/c1-4-13-9(2)31-15(14(13)16(25)28-3)23-17(30)22-10-5-11(24(26)27)7-12(6-10)29-8-18(19,20)21/h5-7H,4,8H2,1-3H3,(H2,22,23,30). The van der Waals surface area contributed by atoms with E-state index in [0.717, 1.165) is 28.6 Å². The minimum Gasteiger partial charge on any atom is -0.484 e. The van der Waals surface area contributed by atoms with Crippen molar-refractivity contribution in [3.8, 4) is 5.75 Å². The number of anilines is 2. The number of rotatable bonds is 7. The highest BCUT2D eigenvalue weighted by molar-refractivity contribution is 7.80. The van der Waals surface area contributed by atoms with E-state index in [9.17, 15) is 28.1 Å². The second-order valence-corrected chi connectivity index (χ2v) is 7.77. The number of methoxy groups -OCH3 is 1. The molecule has 0 spiro atoms. The van der Waals surface area contributed by atoms with E-state index >= 15 is 0 Å². The summed E-state index contributed by atoms with van der Waals surface area (Å²) in [5, 5.41) is 17.0. The van der Waals surface area contributed by atoms with E-state index in [1.165, 1.54) is 18.4 Å².